The molecule has 0 fully saturated rings. The predicted molar refractivity (Wildman–Crippen MR) is 114 cm³/mol. The first-order valence-electron chi connectivity index (χ1n) is 8.97. The molecule has 2 atom stereocenters. The predicted octanol–water partition coefficient (Wildman–Crippen LogP) is 6.98. The molecule has 2 unspecified atom stereocenters. The van der Waals surface area contributed by atoms with Crippen LogP contribution in [0.5, 0.6) is 0 Å². The summed E-state index contributed by atoms with van der Waals surface area (Å²) in [7, 11) is 0. The van der Waals surface area contributed by atoms with Crippen molar-refractivity contribution in [2.24, 2.45) is 10.9 Å². The summed E-state index contributed by atoms with van der Waals surface area (Å²) in [6, 6.07) is 26.2. The van der Waals surface area contributed by atoms with Crippen molar-refractivity contribution < 1.29 is 0 Å². The maximum Gasteiger partial charge on any atom is 0.0770 e. The molecule has 0 saturated carbocycles. The molecule has 0 amide bonds. The van der Waals surface area contributed by atoms with Gasteiger partial charge in [-0.15, -0.1) is 11.8 Å². The average molecular weight is 420 g/mol. The van der Waals surface area contributed by atoms with Gasteiger partial charge in [-0.2, -0.15) is 0 Å². The second-order valence-electron chi connectivity index (χ2n) is 6.86. The molecule has 3 heteroatoms. The van der Waals surface area contributed by atoms with Gasteiger partial charge in [-0.1, -0.05) is 70.5 Å². The van der Waals surface area contributed by atoms with Crippen molar-refractivity contribution in [3.63, 3.8) is 0 Å². The van der Waals surface area contributed by atoms with E-state index >= 15 is 0 Å². The Morgan fingerprint density at radius 2 is 1.73 bits per heavy atom. The number of aliphatic imine (C=N–C) groups is 1. The summed E-state index contributed by atoms with van der Waals surface area (Å²) < 4.78 is 1.11. The number of fused-ring (bicyclic) bond motifs is 4. The molecule has 26 heavy (non-hydrogen) atoms. The highest BCUT2D eigenvalue weighted by molar-refractivity contribution is 9.10. The lowest BCUT2D eigenvalue weighted by molar-refractivity contribution is 0.597. The highest BCUT2D eigenvalue weighted by atomic mass is 79.9. The largest absolute Gasteiger partial charge is 0.251 e. The minimum absolute atomic E-state index is 0.388. The first kappa shape index (κ1) is 16.3. The van der Waals surface area contributed by atoms with Crippen LogP contribution in [0.2, 0.25) is 0 Å². The molecule has 0 N–H and O–H groups in total. The third kappa shape index (κ3) is 2.83. The van der Waals surface area contributed by atoms with E-state index in [0.29, 0.717) is 11.2 Å². The Kier molecular flexibility index (Phi) is 4.22. The Hall–Kier alpha value is -1.84. The lowest BCUT2D eigenvalue weighted by Gasteiger charge is -2.31. The molecular weight excluding hydrogens is 402 g/mol. The van der Waals surface area contributed by atoms with Crippen LogP contribution in [0.4, 0.5) is 5.69 Å². The zero-order chi connectivity index (χ0) is 17.5. The van der Waals surface area contributed by atoms with Crippen molar-refractivity contribution >= 4 is 39.1 Å². The second-order valence-corrected chi connectivity index (χ2v) is 8.96. The Balaban J connectivity index is 1.72. The van der Waals surface area contributed by atoms with Gasteiger partial charge in [0, 0.05) is 20.5 Å². The monoisotopic (exact) mass is 419 g/mol. The molecule has 2 aliphatic rings. The summed E-state index contributed by atoms with van der Waals surface area (Å²) >= 11 is 5.59. The molecule has 0 spiro atoms. The van der Waals surface area contributed by atoms with Crippen molar-refractivity contribution in [2.75, 3.05) is 0 Å². The molecule has 1 aliphatic carbocycles. The van der Waals surface area contributed by atoms with Crippen molar-refractivity contribution in [3.05, 3.63) is 94.0 Å². The van der Waals surface area contributed by atoms with Crippen LogP contribution < -0.4 is 0 Å². The van der Waals surface area contributed by atoms with Crippen LogP contribution in [-0.2, 0) is 6.42 Å². The van der Waals surface area contributed by atoms with Gasteiger partial charge in [0.1, 0.15) is 0 Å². The summed E-state index contributed by atoms with van der Waals surface area (Å²) in [6.45, 7) is 0. The van der Waals surface area contributed by atoms with Gasteiger partial charge in [-0.05, 0) is 47.7 Å². The SMILES string of the molecule is Brc1ccc2c(c1)SC(c1ccccc1)C1CCc3ccccc3C1=N2. The first-order valence-corrected chi connectivity index (χ1v) is 10.6. The Morgan fingerprint density at radius 3 is 2.62 bits per heavy atom. The molecule has 3 aromatic rings. The lowest BCUT2D eigenvalue weighted by atomic mass is 9.78. The van der Waals surface area contributed by atoms with E-state index in [1.54, 1.807) is 0 Å². The van der Waals surface area contributed by atoms with Crippen LogP contribution in [0.3, 0.4) is 0 Å². The average Bonchev–Trinajstić information content (AvgIpc) is 2.85. The minimum Gasteiger partial charge on any atom is -0.251 e. The molecule has 0 saturated heterocycles. The maximum absolute atomic E-state index is 5.19. The normalized spacial score (nSPS) is 21.0. The van der Waals surface area contributed by atoms with Gasteiger partial charge in [0.05, 0.1) is 11.4 Å². The minimum atomic E-state index is 0.388. The summed E-state index contributed by atoms with van der Waals surface area (Å²) in [6.07, 6.45) is 2.28. The highest BCUT2D eigenvalue weighted by Crippen LogP contribution is 2.51. The van der Waals surface area contributed by atoms with Crippen molar-refractivity contribution in [2.45, 2.75) is 23.0 Å². The summed E-state index contributed by atoms with van der Waals surface area (Å²) in [4.78, 5) is 6.45. The molecule has 5 rings (SSSR count). The third-order valence-electron chi connectivity index (χ3n) is 5.28. The van der Waals surface area contributed by atoms with Gasteiger partial charge >= 0.3 is 0 Å². The number of halogens is 1. The van der Waals surface area contributed by atoms with Crippen LogP contribution in [0.25, 0.3) is 0 Å². The quantitative estimate of drug-likeness (QED) is 0.414. The Bertz CT molecular complexity index is 996. The molecule has 1 aliphatic heterocycles. The Labute approximate surface area is 166 Å². The van der Waals surface area contributed by atoms with Crippen molar-refractivity contribution in [1.82, 2.24) is 0 Å². The van der Waals surface area contributed by atoms with Gasteiger partial charge in [0.15, 0.2) is 0 Å². The molecule has 1 heterocycles. The van der Waals surface area contributed by atoms with E-state index < -0.39 is 0 Å². The van der Waals surface area contributed by atoms with Gasteiger partial charge in [0.2, 0.25) is 0 Å². The molecular formula is C23H18BrNS. The van der Waals surface area contributed by atoms with Crippen LogP contribution in [-0.4, -0.2) is 5.71 Å². The second kappa shape index (κ2) is 6.71. The molecule has 3 aromatic carbocycles. The van der Waals surface area contributed by atoms with E-state index in [9.17, 15) is 0 Å². The van der Waals surface area contributed by atoms with Crippen LogP contribution in [0.15, 0.2) is 87.2 Å². The van der Waals surface area contributed by atoms with E-state index in [1.165, 1.54) is 27.3 Å². The fourth-order valence-corrected chi connectivity index (χ4v) is 5.98. The van der Waals surface area contributed by atoms with Gasteiger partial charge in [-0.3, -0.25) is 4.99 Å². The van der Waals surface area contributed by atoms with E-state index in [1.807, 2.05) is 11.8 Å². The number of benzene rings is 3. The molecule has 0 bridgehead atoms. The summed E-state index contributed by atoms with van der Waals surface area (Å²) in [5, 5.41) is 0.388. The molecule has 0 radical (unpaired) electrons. The van der Waals surface area contributed by atoms with E-state index in [-0.39, 0.29) is 0 Å². The highest BCUT2D eigenvalue weighted by Gasteiger charge is 2.35. The van der Waals surface area contributed by atoms with Crippen LogP contribution >= 0.6 is 27.7 Å². The van der Waals surface area contributed by atoms with Crippen LogP contribution in [0, 0.1) is 5.92 Å². The number of hydrogen-bond donors (Lipinski definition) is 0. The topological polar surface area (TPSA) is 12.4 Å². The maximum atomic E-state index is 5.19. The van der Waals surface area contributed by atoms with Crippen LogP contribution in [0.1, 0.15) is 28.4 Å². The van der Waals surface area contributed by atoms with Gasteiger partial charge in [-0.25, -0.2) is 0 Å². The van der Waals surface area contributed by atoms with E-state index in [4.69, 9.17) is 4.99 Å². The first-order chi connectivity index (χ1) is 12.8. The van der Waals surface area contributed by atoms with Gasteiger partial charge in [0.25, 0.3) is 0 Å². The molecule has 128 valence electrons. The van der Waals surface area contributed by atoms with E-state index in [2.05, 4.69) is 88.7 Å². The van der Waals surface area contributed by atoms with E-state index in [0.717, 1.165) is 23.0 Å². The number of nitrogens with zero attached hydrogens (tertiary/aromatic N) is 1. The number of aryl methyl sites for hydroxylation is 1. The zero-order valence-corrected chi connectivity index (χ0v) is 16.6. The van der Waals surface area contributed by atoms with Crippen molar-refractivity contribution in [1.29, 1.82) is 0 Å². The third-order valence-corrected chi connectivity index (χ3v) is 7.21. The zero-order valence-electron chi connectivity index (χ0n) is 14.2. The number of hydrogen-bond acceptors (Lipinski definition) is 2. The fraction of sp³-hybridized carbons (Fsp3) is 0.174. The summed E-state index contributed by atoms with van der Waals surface area (Å²) in [5.74, 6) is 0.434. The smallest absolute Gasteiger partial charge is 0.0770 e. The lowest BCUT2D eigenvalue weighted by Crippen LogP contribution is -2.27. The fourth-order valence-electron chi connectivity index (χ4n) is 4.04. The molecule has 0 aromatic heterocycles. The Morgan fingerprint density at radius 1 is 0.923 bits per heavy atom. The summed E-state index contributed by atoms with van der Waals surface area (Å²) in [5.41, 5.74) is 6.51. The number of thioether (sulfide) groups is 1. The standard InChI is InChI=1S/C23H18BrNS/c24-17-11-13-20-21(14-17)26-23(16-7-2-1-3-8-16)19-12-10-15-6-4-5-9-18(15)22(19)25-20/h1-9,11,13-14,19,23H,10,12H2. The molecule has 1 nitrogen and oxygen atoms in total. The van der Waals surface area contributed by atoms with Crippen molar-refractivity contribution in [3.8, 4) is 0 Å². The number of rotatable bonds is 1. The van der Waals surface area contributed by atoms with Gasteiger partial charge < -0.3 is 0 Å².